The lowest BCUT2D eigenvalue weighted by atomic mass is 10.2. The molecule has 0 saturated heterocycles. The van der Waals surface area contributed by atoms with Gasteiger partial charge < -0.3 is 0 Å². The van der Waals surface area contributed by atoms with Gasteiger partial charge in [-0.2, -0.15) is 5.10 Å². The molecule has 0 saturated carbocycles. The molecule has 160 valence electrons. The summed E-state index contributed by atoms with van der Waals surface area (Å²) < 4.78 is 27.4. The topological polar surface area (TPSA) is 78.8 Å². The predicted octanol–water partition coefficient (Wildman–Crippen LogP) is 4.41. The number of benzene rings is 3. The Kier molecular flexibility index (Phi) is 7.73. The Morgan fingerprint density at radius 2 is 1.77 bits per heavy atom. The first-order chi connectivity index (χ1) is 14.9. The van der Waals surface area contributed by atoms with Crippen molar-refractivity contribution in [3.8, 4) is 0 Å². The van der Waals surface area contributed by atoms with Crippen LogP contribution < -0.4 is 9.73 Å². The fourth-order valence-corrected chi connectivity index (χ4v) is 4.73. The highest BCUT2D eigenvalue weighted by Gasteiger charge is 2.27. The van der Waals surface area contributed by atoms with E-state index >= 15 is 0 Å². The Morgan fingerprint density at radius 3 is 2.42 bits per heavy atom. The molecule has 0 atom stereocenters. The normalized spacial score (nSPS) is 11.4. The zero-order valence-corrected chi connectivity index (χ0v) is 19.0. The fraction of sp³-hybridized carbons (Fsp3) is 0.0909. The highest BCUT2D eigenvalue weighted by atomic mass is 35.5. The van der Waals surface area contributed by atoms with Gasteiger partial charge >= 0.3 is 0 Å². The number of nitrogens with one attached hydrogen (secondary N) is 1. The number of anilines is 1. The van der Waals surface area contributed by atoms with Gasteiger partial charge in [0.05, 0.1) is 16.8 Å². The predicted molar refractivity (Wildman–Crippen MR) is 126 cm³/mol. The van der Waals surface area contributed by atoms with Gasteiger partial charge in [-0.05, 0) is 54.3 Å². The quantitative estimate of drug-likeness (QED) is 0.298. The molecule has 1 N–H and O–H groups in total. The van der Waals surface area contributed by atoms with Crippen LogP contribution in [0.15, 0.2) is 93.8 Å². The van der Waals surface area contributed by atoms with Crippen molar-refractivity contribution in [2.75, 3.05) is 17.1 Å². The van der Waals surface area contributed by atoms with Crippen LogP contribution in [0.2, 0.25) is 5.02 Å². The monoisotopic (exact) mass is 473 g/mol. The van der Waals surface area contributed by atoms with Gasteiger partial charge in [-0.25, -0.2) is 13.8 Å². The molecule has 0 spiro atoms. The third-order valence-electron chi connectivity index (χ3n) is 4.23. The molecule has 0 unspecified atom stereocenters. The molecule has 0 bridgehead atoms. The number of carbonyl (C=O) groups excluding carboxylic acids is 1. The van der Waals surface area contributed by atoms with Crippen LogP contribution in [-0.4, -0.2) is 33.3 Å². The molecule has 6 nitrogen and oxygen atoms in total. The summed E-state index contributed by atoms with van der Waals surface area (Å²) in [5, 5.41) is 4.30. The number of sulfonamides is 1. The van der Waals surface area contributed by atoms with Gasteiger partial charge in [0.25, 0.3) is 15.9 Å². The van der Waals surface area contributed by atoms with E-state index in [9.17, 15) is 13.2 Å². The van der Waals surface area contributed by atoms with Crippen LogP contribution in [0.5, 0.6) is 0 Å². The maximum absolute atomic E-state index is 13.2. The number of hydrogen-bond donors (Lipinski definition) is 1. The van der Waals surface area contributed by atoms with E-state index in [-0.39, 0.29) is 10.6 Å². The maximum Gasteiger partial charge on any atom is 0.264 e. The molecule has 0 radical (unpaired) electrons. The van der Waals surface area contributed by atoms with E-state index in [0.717, 1.165) is 14.8 Å². The fourth-order valence-electron chi connectivity index (χ4n) is 2.70. The molecule has 0 heterocycles. The summed E-state index contributed by atoms with van der Waals surface area (Å²) in [5.74, 6) is -0.587. The highest BCUT2D eigenvalue weighted by Crippen LogP contribution is 2.25. The van der Waals surface area contributed by atoms with Crippen molar-refractivity contribution in [1.29, 1.82) is 0 Å². The number of hydrazone groups is 1. The van der Waals surface area contributed by atoms with Gasteiger partial charge in [-0.15, -0.1) is 11.8 Å². The highest BCUT2D eigenvalue weighted by molar-refractivity contribution is 7.98. The zero-order valence-electron chi connectivity index (χ0n) is 16.6. The lowest BCUT2D eigenvalue weighted by Gasteiger charge is -2.23. The van der Waals surface area contributed by atoms with Crippen molar-refractivity contribution in [3.05, 3.63) is 89.4 Å². The molecule has 1 amide bonds. The summed E-state index contributed by atoms with van der Waals surface area (Å²) in [6.07, 6.45) is 3.48. The van der Waals surface area contributed by atoms with Crippen LogP contribution in [0, 0.1) is 0 Å². The number of halogens is 1. The zero-order chi connectivity index (χ0) is 22.3. The molecule has 9 heteroatoms. The average Bonchev–Trinajstić information content (AvgIpc) is 2.78. The van der Waals surface area contributed by atoms with Gasteiger partial charge in [0.15, 0.2) is 0 Å². The molecule has 3 aromatic carbocycles. The number of amides is 1. The van der Waals surface area contributed by atoms with E-state index in [1.165, 1.54) is 24.4 Å². The van der Waals surface area contributed by atoms with Crippen molar-refractivity contribution in [3.63, 3.8) is 0 Å². The summed E-state index contributed by atoms with van der Waals surface area (Å²) in [5.41, 5.74) is 3.47. The van der Waals surface area contributed by atoms with Crippen molar-refractivity contribution in [2.45, 2.75) is 9.79 Å². The van der Waals surface area contributed by atoms with Crippen molar-refractivity contribution in [1.82, 2.24) is 5.43 Å². The van der Waals surface area contributed by atoms with E-state index in [0.29, 0.717) is 5.02 Å². The van der Waals surface area contributed by atoms with E-state index in [1.54, 1.807) is 48.2 Å². The Morgan fingerprint density at radius 1 is 1.06 bits per heavy atom. The Bertz CT molecular complexity index is 1170. The van der Waals surface area contributed by atoms with Crippen LogP contribution in [0.4, 0.5) is 5.69 Å². The van der Waals surface area contributed by atoms with E-state index in [4.69, 9.17) is 11.6 Å². The molecule has 0 aromatic heterocycles. The summed E-state index contributed by atoms with van der Waals surface area (Å²) in [4.78, 5) is 13.7. The first-order valence-corrected chi connectivity index (χ1v) is 12.2. The van der Waals surface area contributed by atoms with E-state index in [2.05, 4.69) is 10.5 Å². The van der Waals surface area contributed by atoms with Crippen LogP contribution in [0.1, 0.15) is 5.56 Å². The molecule has 0 fully saturated rings. The minimum atomic E-state index is -3.99. The van der Waals surface area contributed by atoms with Gasteiger partial charge in [0, 0.05) is 9.92 Å². The largest absolute Gasteiger partial charge is 0.271 e. The first kappa shape index (κ1) is 22.9. The molecular weight excluding hydrogens is 454 g/mol. The standard InChI is InChI=1S/C22H20ClN3O3S2/c1-30-20-12-10-17(11-13-20)15-24-25-22(27)16-26(19-7-5-6-18(23)14-19)31(28,29)21-8-3-2-4-9-21/h2-15H,16H2,1H3,(H,25,27)/b24-15+. The summed E-state index contributed by atoms with van der Waals surface area (Å²) >= 11 is 7.67. The number of thioether (sulfide) groups is 1. The molecule has 0 aliphatic rings. The number of rotatable bonds is 8. The van der Waals surface area contributed by atoms with E-state index < -0.39 is 22.5 Å². The Balaban J connectivity index is 1.79. The van der Waals surface area contributed by atoms with Crippen molar-refractivity contribution in [2.24, 2.45) is 5.10 Å². The molecule has 3 rings (SSSR count). The smallest absolute Gasteiger partial charge is 0.264 e. The molecule has 31 heavy (non-hydrogen) atoms. The molecule has 0 aliphatic carbocycles. The second kappa shape index (κ2) is 10.5. The van der Waals surface area contributed by atoms with Crippen LogP contribution in [-0.2, 0) is 14.8 Å². The van der Waals surface area contributed by atoms with Crippen molar-refractivity contribution < 1.29 is 13.2 Å². The third-order valence-corrected chi connectivity index (χ3v) is 7.00. The lowest BCUT2D eigenvalue weighted by molar-refractivity contribution is -0.119. The maximum atomic E-state index is 13.2. The minimum absolute atomic E-state index is 0.0696. The van der Waals surface area contributed by atoms with Gasteiger partial charge in [-0.3, -0.25) is 9.10 Å². The molecular formula is C22H20ClN3O3S2. The van der Waals surface area contributed by atoms with Crippen LogP contribution in [0.3, 0.4) is 0 Å². The number of carbonyl (C=O) groups is 1. The average molecular weight is 474 g/mol. The second-order valence-electron chi connectivity index (χ2n) is 6.37. The minimum Gasteiger partial charge on any atom is -0.271 e. The number of nitrogens with zero attached hydrogens (tertiary/aromatic N) is 2. The Labute approximate surface area is 191 Å². The second-order valence-corrected chi connectivity index (χ2v) is 9.55. The Hall–Kier alpha value is -2.81. The summed E-state index contributed by atoms with van der Waals surface area (Å²) in [6, 6.07) is 21.9. The van der Waals surface area contributed by atoms with Gasteiger partial charge in [-0.1, -0.05) is 48.0 Å². The van der Waals surface area contributed by atoms with Crippen LogP contribution >= 0.6 is 23.4 Å². The van der Waals surface area contributed by atoms with E-state index in [1.807, 2.05) is 30.5 Å². The van der Waals surface area contributed by atoms with Gasteiger partial charge in [0.2, 0.25) is 0 Å². The molecule has 0 aliphatic heterocycles. The summed E-state index contributed by atoms with van der Waals surface area (Å²) in [6.45, 7) is -0.458. The number of hydrogen-bond acceptors (Lipinski definition) is 5. The summed E-state index contributed by atoms with van der Waals surface area (Å²) in [7, 11) is -3.99. The molecule has 3 aromatic rings. The van der Waals surface area contributed by atoms with Gasteiger partial charge in [0.1, 0.15) is 6.54 Å². The van der Waals surface area contributed by atoms with Crippen molar-refractivity contribution >= 4 is 51.2 Å². The SMILES string of the molecule is CSc1ccc(/C=N/NC(=O)CN(c2cccc(Cl)c2)S(=O)(=O)c2ccccc2)cc1. The van der Waals surface area contributed by atoms with Crippen LogP contribution in [0.25, 0.3) is 0 Å². The lowest BCUT2D eigenvalue weighted by Crippen LogP contribution is -2.39. The first-order valence-electron chi connectivity index (χ1n) is 9.19. The third kappa shape index (κ3) is 6.10.